The van der Waals surface area contributed by atoms with Gasteiger partial charge in [-0.2, -0.15) is 0 Å². The number of ether oxygens (including phenoxy) is 1. The van der Waals surface area contributed by atoms with Crippen molar-refractivity contribution in [1.29, 1.82) is 0 Å². The minimum atomic E-state index is -0.255. The average Bonchev–Trinajstić information content (AvgIpc) is 2.34. The van der Waals surface area contributed by atoms with E-state index in [1.807, 2.05) is 12.1 Å². The van der Waals surface area contributed by atoms with Gasteiger partial charge in [0.15, 0.2) is 0 Å². The van der Waals surface area contributed by atoms with Crippen LogP contribution in [0.1, 0.15) is 87.4 Å². The molecule has 0 atom stereocenters. The molecule has 1 aromatic carbocycles. The predicted octanol–water partition coefficient (Wildman–Crippen LogP) is 5.02. The number of hydrogen-bond donors (Lipinski definition) is 0. The van der Waals surface area contributed by atoms with E-state index in [1.165, 1.54) is 23.8 Å². The summed E-state index contributed by atoms with van der Waals surface area (Å²) in [7, 11) is 1.43. The summed E-state index contributed by atoms with van der Waals surface area (Å²) in [6, 6.07) is 4.01. The molecule has 0 N–H and O–H groups in total. The number of esters is 1. The number of methoxy groups -OCH3 is 1. The average molecular weight is 276 g/mol. The summed E-state index contributed by atoms with van der Waals surface area (Å²) in [5.74, 6) is 0.506. The number of rotatable bonds is 3. The molecule has 0 fully saturated rings. The smallest absolute Gasteiger partial charge is 0.337 e. The summed E-state index contributed by atoms with van der Waals surface area (Å²) in [5.41, 5.74) is 4.60. The molecule has 0 aliphatic rings. The number of carbonyl (C=O) groups excluding carboxylic acids is 1. The van der Waals surface area contributed by atoms with Crippen molar-refractivity contribution < 1.29 is 9.53 Å². The van der Waals surface area contributed by atoms with Crippen molar-refractivity contribution in [3.05, 3.63) is 34.4 Å². The highest BCUT2D eigenvalue weighted by molar-refractivity contribution is 5.90. The zero-order valence-corrected chi connectivity index (χ0v) is 14.1. The van der Waals surface area contributed by atoms with Crippen molar-refractivity contribution >= 4 is 5.97 Å². The summed E-state index contributed by atoms with van der Waals surface area (Å²) >= 11 is 0. The van der Waals surface area contributed by atoms with E-state index in [-0.39, 0.29) is 11.4 Å². The first kappa shape index (κ1) is 16.7. The minimum Gasteiger partial charge on any atom is -0.465 e. The molecule has 0 saturated heterocycles. The standard InChI is InChI=1S/C18H28O2/c1-11(2)14-9-13(17(19)20-8)10-15(12(3)4)16(14)18(5,6)7/h9-12H,1-8H3. The Kier molecular flexibility index (Phi) is 5.01. The molecular weight excluding hydrogens is 248 g/mol. The Balaban J connectivity index is 3.68. The van der Waals surface area contributed by atoms with Crippen LogP contribution in [0, 0.1) is 0 Å². The molecule has 1 aromatic rings. The summed E-state index contributed by atoms with van der Waals surface area (Å²) in [6.45, 7) is 15.4. The quantitative estimate of drug-likeness (QED) is 0.725. The van der Waals surface area contributed by atoms with E-state index >= 15 is 0 Å². The Labute approximate surface area is 123 Å². The summed E-state index contributed by atoms with van der Waals surface area (Å²) in [4.78, 5) is 11.9. The van der Waals surface area contributed by atoms with Crippen LogP contribution in [0.3, 0.4) is 0 Å². The summed E-state index contributed by atoms with van der Waals surface area (Å²) < 4.78 is 4.89. The van der Waals surface area contributed by atoms with Crippen LogP contribution < -0.4 is 0 Å². The van der Waals surface area contributed by atoms with Crippen molar-refractivity contribution in [1.82, 2.24) is 0 Å². The van der Waals surface area contributed by atoms with Crippen LogP contribution >= 0.6 is 0 Å². The molecule has 0 aliphatic heterocycles. The molecule has 0 saturated carbocycles. The van der Waals surface area contributed by atoms with Crippen LogP contribution in [-0.4, -0.2) is 13.1 Å². The van der Waals surface area contributed by atoms with Crippen LogP contribution in [0.5, 0.6) is 0 Å². The summed E-state index contributed by atoms with van der Waals surface area (Å²) in [6.07, 6.45) is 0. The van der Waals surface area contributed by atoms with Gasteiger partial charge in [-0.15, -0.1) is 0 Å². The number of carbonyl (C=O) groups is 1. The molecule has 0 bridgehead atoms. The predicted molar refractivity (Wildman–Crippen MR) is 84.7 cm³/mol. The fraction of sp³-hybridized carbons (Fsp3) is 0.611. The van der Waals surface area contributed by atoms with Crippen molar-refractivity contribution in [3.8, 4) is 0 Å². The molecule has 0 unspecified atom stereocenters. The van der Waals surface area contributed by atoms with Gasteiger partial charge in [0.1, 0.15) is 0 Å². The Morgan fingerprint density at radius 2 is 1.40 bits per heavy atom. The van der Waals surface area contributed by atoms with E-state index in [1.54, 1.807) is 0 Å². The van der Waals surface area contributed by atoms with Gasteiger partial charge in [0, 0.05) is 0 Å². The van der Waals surface area contributed by atoms with Crippen LogP contribution in [0.25, 0.3) is 0 Å². The third-order valence-electron chi connectivity index (χ3n) is 3.61. The topological polar surface area (TPSA) is 26.3 Å². The molecule has 0 spiro atoms. The zero-order chi connectivity index (χ0) is 15.7. The SMILES string of the molecule is COC(=O)c1cc(C(C)C)c(C(C)(C)C)c(C(C)C)c1. The summed E-state index contributed by atoms with van der Waals surface area (Å²) in [5, 5.41) is 0. The second kappa shape index (κ2) is 5.99. The van der Waals surface area contributed by atoms with Gasteiger partial charge < -0.3 is 4.74 Å². The van der Waals surface area contributed by atoms with Gasteiger partial charge in [0.05, 0.1) is 12.7 Å². The second-order valence-electron chi connectivity index (χ2n) is 7.08. The van der Waals surface area contributed by atoms with E-state index in [4.69, 9.17) is 4.74 Å². The Bertz CT molecular complexity index is 462. The van der Waals surface area contributed by atoms with Gasteiger partial charge >= 0.3 is 5.97 Å². The van der Waals surface area contributed by atoms with Crippen LogP contribution in [0.2, 0.25) is 0 Å². The zero-order valence-electron chi connectivity index (χ0n) is 14.1. The maximum Gasteiger partial charge on any atom is 0.337 e. The normalized spacial score (nSPS) is 12.1. The van der Waals surface area contributed by atoms with Crippen LogP contribution in [0.15, 0.2) is 12.1 Å². The first-order valence-electron chi connectivity index (χ1n) is 7.36. The largest absolute Gasteiger partial charge is 0.465 e. The molecule has 0 amide bonds. The molecule has 0 aliphatic carbocycles. The molecule has 112 valence electrons. The van der Waals surface area contributed by atoms with Crippen LogP contribution in [-0.2, 0) is 10.2 Å². The molecule has 0 radical (unpaired) electrons. The first-order valence-corrected chi connectivity index (χ1v) is 7.36. The van der Waals surface area contributed by atoms with E-state index in [9.17, 15) is 4.79 Å². The Hall–Kier alpha value is -1.31. The van der Waals surface area contributed by atoms with Crippen molar-refractivity contribution in [2.24, 2.45) is 0 Å². The van der Waals surface area contributed by atoms with Gasteiger partial charge in [-0.05, 0) is 46.1 Å². The highest BCUT2D eigenvalue weighted by atomic mass is 16.5. The first-order chi connectivity index (χ1) is 9.09. The highest BCUT2D eigenvalue weighted by Gasteiger charge is 2.26. The van der Waals surface area contributed by atoms with Crippen molar-refractivity contribution in [3.63, 3.8) is 0 Å². The molecule has 2 heteroatoms. The second-order valence-corrected chi connectivity index (χ2v) is 7.08. The van der Waals surface area contributed by atoms with E-state index < -0.39 is 0 Å². The van der Waals surface area contributed by atoms with Crippen molar-refractivity contribution in [2.45, 2.75) is 65.7 Å². The van der Waals surface area contributed by atoms with Crippen molar-refractivity contribution in [2.75, 3.05) is 7.11 Å². The van der Waals surface area contributed by atoms with E-state index in [0.717, 1.165) is 0 Å². The van der Waals surface area contributed by atoms with Gasteiger partial charge in [-0.1, -0.05) is 48.5 Å². The van der Waals surface area contributed by atoms with E-state index in [2.05, 4.69) is 48.5 Å². The molecule has 20 heavy (non-hydrogen) atoms. The lowest BCUT2D eigenvalue weighted by molar-refractivity contribution is 0.0600. The lowest BCUT2D eigenvalue weighted by Gasteiger charge is -2.30. The lowest BCUT2D eigenvalue weighted by atomic mass is 9.75. The maximum atomic E-state index is 11.9. The third-order valence-corrected chi connectivity index (χ3v) is 3.61. The third kappa shape index (κ3) is 3.41. The molecule has 0 aromatic heterocycles. The lowest BCUT2D eigenvalue weighted by Crippen LogP contribution is -2.20. The molecule has 1 rings (SSSR count). The maximum absolute atomic E-state index is 11.9. The number of hydrogen-bond acceptors (Lipinski definition) is 2. The molecular formula is C18H28O2. The van der Waals surface area contributed by atoms with Gasteiger partial charge in [-0.25, -0.2) is 4.79 Å². The van der Waals surface area contributed by atoms with Crippen LogP contribution in [0.4, 0.5) is 0 Å². The minimum absolute atomic E-state index is 0.0633. The fourth-order valence-electron chi connectivity index (χ4n) is 2.70. The van der Waals surface area contributed by atoms with Gasteiger partial charge in [0.25, 0.3) is 0 Å². The van der Waals surface area contributed by atoms with E-state index in [0.29, 0.717) is 17.4 Å². The van der Waals surface area contributed by atoms with Gasteiger partial charge in [0.2, 0.25) is 0 Å². The molecule has 0 heterocycles. The highest BCUT2D eigenvalue weighted by Crippen LogP contribution is 2.37. The fourth-order valence-corrected chi connectivity index (χ4v) is 2.70. The monoisotopic (exact) mass is 276 g/mol. The molecule has 2 nitrogen and oxygen atoms in total. The Morgan fingerprint density at radius 3 is 1.65 bits per heavy atom. The van der Waals surface area contributed by atoms with Gasteiger partial charge in [-0.3, -0.25) is 0 Å². The number of benzene rings is 1. The Morgan fingerprint density at radius 1 is 1.00 bits per heavy atom.